The first kappa shape index (κ1) is 17.1. The fourth-order valence-electron chi connectivity index (χ4n) is 1.89. The lowest BCUT2D eigenvalue weighted by Gasteiger charge is -2.22. The highest BCUT2D eigenvalue weighted by Crippen LogP contribution is 2.26. The van der Waals surface area contributed by atoms with E-state index in [2.05, 4.69) is 4.72 Å². The van der Waals surface area contributed by atoms with Crippen molar-refractivity contribution in [3.8, 4) is 0 Å². The van der Waals surface area contributed by atoms with E-state index in [1.807, 2.05) is 39.8 Å². The summed E-state index contributed by atoms with van der Waals surface area (Å²) in [5, 5.41) is 9.16. The van der Waals surface area contributed by atoms with Crippen molar-refractivity contribution < 1.29 is 13.5 Å². The Hall–Kier alpha value is -0.910. The molecule has 0 aliphatic heterocycles. The quantitative estimate of drug-likeness (QED) is 0.877. The molecule has 0 aliphatic rings. The van der Waals surface area contributed by atoms with E-state index in [0.717, 1.165) is 5.56 Å². The Morgan fingerprint density at radius 1 is 1.30 bits per heavy atom. The van der Waals surface area contributed by atoms with Crippen LogP contribution in [-0.2, 0) is 15.4 Å². The molecule has 0 heterocycles. The number of rotatable bonds is 5. The van der Waals surface area contributed by atoms with Gasteiger partial charge in [-0.1, -0.05) is 39.8 Å². The molecule has 0 fully saturated rings. The van der Waals surface area contributed by atoms with E-state index >= 15 is 0 Å². The van der Waals surface area contributed by atoms with Crippen LogP contribution in [0.4, 0.5) is 0 Å². The number of aliphatic hydroxyl groups excluding tert-OH is 1. The van der Waals surface area contributed by atoms with Crippen LogP contribution in [0, 0.1) is 6.92 Å². The van der Waals surface area contributed by atoms with Crippen LogP contribution in [0.25, 0.3) is 0 Å². The summed E-state index contributed by atoms with van der Waals surface area (Å²) in [5.41, 5.74) is 1.57. The van der Waals surface area contributed by atoms with E-state index in [1.54, 1.807) is 13.0 Å². The van der Waals surface area contributed by atoms with Crippen LogP contribution in [0.1, 0.15) is 45.2 Å². The molecule has 0 saturated carbocycles. The largest absolute Gasteiger partial charge is 0.395 e. The summed E-state index contributed by atoms with van der Waals surface area (Å²) in [4.78, 5) is 0.289. The van der Waals surface area contributed by atoms with Crippen molar-refractivity contribution in [3.05, 3.63) is 29.3 Å². The zero-order chi connectivity index (χ0) is 15.6. The van der Waals surface area contributed by atoms with E-state index in [1.165, 1.54) is 0 Å². The molecule has 1 unspecified atom stereocenters. The van der Waals surface area contributed by atoms with Crippen LogP contribution < -0.4 is 4.72 Å². The average molecular weight is 299 g/mol. The van der Waals surface area contributed by atoms with Gasteiger partial charge in [0, 0.05) is 6.04 Å². The number of aryl methyl sites for hydroxylation is 1. The lowest BCUT2D eigenvalue weighted by atomic mass is 9.87. The molecule has 114 valence electrons. The predicted molar refractivity (Wildman–Crippen MR) is 81.4 cm³/mol. The Labute approximate surface area is 122 Å². The Morgan fingerprint density at radius 2 is 1.90 bits per heavy atom. The van der Waals surface area contributed by atoms with Crippen molar-refractivity contribution in [1.82, 2.24) is 4.72 Å². The molecule has 0 radical (unpaired) electrons. The molecule has 0 saturated heterocycles. The minimum atomic E-state index is -3.61. The second-order valence-corrected chi connectivity index (χ2v) is 7.82. The fraction of sp³-hybridized carbons (Fsp3) is 0.600. The van der Waals surface area contributed by atoms with Gasteiger partial charge in [-0.05, 0) is 36.0 Å². The van der Waals surface area contributed by atoms with Crippen LogP contribution in [-0.4, -0.2) is 26.2 Å². The van der Waals surface area contributed by atoms with Crippen LogP contribution in [0.5, 0.6) is 0 Å². The van der Waals surface area contributed by atoms with Gasteiger partial charge in [-0.2, -0.15) is 0 Å². The van der Waals surface area contributed by atoms with E-state index < -0.39 is 16.1 Å². The van der Waals surface area contributed by atoms with Crippen LogP contribution in [0.2, 0.25) is 0 Å². The van der Waals surface area contributed by atoms with Crippen molar-refractivity contribution in [2.24, 2.45) is 0 Å². The molecule has 2 N–H and O–H groups in total. The smallest absolute Gasteiger partial charge is 0.241 e. The first-order valence-electron chi connectivity index (χ1n) is 6.86. The van der Waals surface area contributed by atoms with Gasteiger partial charge in [-0.25, -0.2) is 13.1 Å². The zero-order valence-electron chi connectivity index (χ0n) is 12.9. The number of sulfonamides is 1. The molecule has 20 heavy (non-hydrogen) atoms. The molecule has 0 spiro atoms. The summed E-state index contributed by atoms with van der Waals surface area (Å²) in [6.07, 6.45) is 0.549. The predicted octanol–water partition coefficient (Wildman–Crippen LogP) is 2.34. The molecule has 4 nitrogen and oxygen atoms in total. The fourth-order valence-corrected chi connectivity index (χ4v) is 3.47. The van der Waals surface area contributed by atoms with E-state index in [0.29, 0.717) is 12.0 Å². The Balaban J connectivity index is 3.24. The first-order valence-corrected chi connectivity index (χ1v) is 8.34. The maximum atomic E-state index is 12.4. The lowest BCUT2D eigenvalue weighted by Crippen LogP contribution is -2.37. The highest BCUT2D eigenvalue weighted by molar-refractivity contribution is 7.89. The highest BCUT2D eigenvalue weighted by Gasteiger charge is 2.23. The van der Waals surface area contributed by atoms with Gasteiger partial charge in [0.05, 0.1) is 11.5 Å². The Bertz CT molecular complexity index is 555. The Morgan fingerprint density at radius 3 is 2.35 bits per heavy atom. The number of hydrogen-bond donors (Lipinski definition) is 2. The van der Waals surface area contributed by atoms with Crippen LogP contribution in [0.3, 0.4) is 0 Å². The first-order chi connectivity index (χ1) is 9.11. The standard InChI is InChI=1S/C15H25NO3S/c1-6-13(10-17)16-20(18,19)14-9-12(15(3,4)5)8-7-11(14)2/h7-9,13,16-17H,6,10H2,1-5H3. The van der Waals surface area contributed by atoms with Crippen molar-refractivity contribution in [1.29, 1.82) is 0 Å². The Kier molecular flexibility index (Phi) is 5.35. The lowest BCUT2D eigenvalue weighted by molar-refractivity contribution is 0.254. The van der Waals surface area contributed by atoms with Gasteiger partial charge in [0.2, 0.25) is 10.0 Å². The molecule has 1 aromatic rings. The summed E-state index contributed by atoms with van der Waals surface area (Å²) in [6.45, 7) is 9.55. The normalized spacial score (nSPS) is 14.3. The molecular weight excluding hydrogens is 274 g/mol. The minimum Gasteiger partial charge on any atom is -0.395 e. The second kappa shape index (κ2) is 6.24. The second-order valence-electron chi connectivity index (χ2n) is 6.14. The van der Waals surface area contributed by atoms with Gasteiger partial charge in [-0.3, -0.25) is 0 Å². The van der Waals surface area contributed by atoms with E-state index in [4.69, 9.17) is 5.11 Å². The van der Waals surface area contributed by atoms with Gasteiger partial charge >= 0.3 is 0 Å². The highest BCUT2D eigenvalue weighted by atomic mass is 32.2. The third kappa shape index (κ3) is 4.04. The molecule has 0 aromatic heterocycles. The maximum Gasteiger partial charge on any atom is 0.241 e. The molecule has 0 bridgehead atoms. The third-order valence-corrected chi connectivity index (χ3v) is 5.04. The van der Waals surface area contributed by atoms with Gasteiger partial charge < -0.3 is 5.11 Å². The van der Waals surface area contributed by atoms with Gasteiger partial charge in [0.25, 0.3) is 0 Å². The molecule has 1 rings (SSSR count). The van der Waals surface area contributed by atoms with Crippen LogP contribution in [0.15, 0.2) is 23.1 Å². The van der Waals surface area contributed by atoms with Gasteiger partial charge in [0.15, 0.2) is 0 Å². The van der Waals surface area contributed by atoms with Crippen molar-refractivity contribution >= 4 is 10.0 Å². The third-order valence-electron chi connectivity index (χ3n) is 3.38. The summed E-state index contributed by atoms with van der Waals surface area (Å²) < 4.78 is 27.4. The average Bonchev–Trinajstić information content (AvgIpc) is 2.34. The number of nitrogens with one attached hydrogen (secondary N) is 1. The maximum absolute atomic E-state index is 12.4. The molecule has 1 atom stereocenters. The molecule has 1 aromatic carbocycles. The van der Waals surface area contributed by atoms with E-state index in [9.17, 15) is 8.42 Å². The minimum absolute atomic E-state index is 0.112. The van der Waals surface area contributed by atoms with Crippen molar-refractivity contribution in [3.63, 3.8) is 0 Å². The molecule has 0 amide bonds. The summed E-state index contributed by atoms with van der Waals surface area (Å²) in [5.74, 6) is 0. The number of aliphatic hydroxyl groups is 1. The van der Waals surface area contributed by atoms with Gasteiger partial charge in [0.1, 0.15) is 0 Å². The summed E-state index contributed by atoms with van der Waals surface area (Å²) in [7, 11) is -3.61. The number of benzene rings is 1. The van der Waals surface area contributed by atoms with Crippen molar-refractivity contribution in [2.45, 2.75) is 57.4 Å². The summed E-state index contributed by atoms with van der Waals surface area (Å²) in [6, 6.07) is 5.06. The SMILES string of the molecule is CCC(CO)NS(=O)(=O)c1cc(C(C)(C)C)ccc1C. The molecule has 5 heteroatoms. The molecular formula is C15H25NO3S. The van der Waals surface area contributed by atoms with Crippen LogP contribution >= 0.6 is 0 Å². The van der Waals surface area contributed by atoms with Crippen molar-refractivity contribution in [2.75, 3.05) is 6.61 Å². The zero-order valence-corrected chi connectivity index (χ0v) is 13.7. The number of hydrogen-bond acceptors (Lipinski definition) is 3. The monoisotopic (exact) mass is 299 g/mol. The summed E-state index contributed by atoms with van der Waals surface area (Å²) >= 11 is 0. The van der Waals surface area contributed by atoms with Gasteiger partial charge in [-0.15, -0.1) is 0 Å². The van der Waals surface area contributed by atoms with E-state index in [-0.39, 0.29) is 16.9 Å². The topological polar surface area (TPSA) is 66.4 Å². The molecule has 0 aliphatic carbocycles.